The van der Waals surface area contributed by atoms with Gasteiger partial charge in [0.15, 0.2) is 0 Å². The Balaban J connectivity index is 2.11. The number of benzene rings is 1. The lowest BCUT2D eigenvalue weighted by Gasteiger charge is -2.20. The van der Waals surface area contributed by atoms with Gasteiger partial charge in [-0.1, -0.05) is 26.0 Å². The second-order valence-corrected chi connectivity index (χ2v) is 5.41. The summed E-state index contributed by atoms with van der Waals surface area (Å²) < 4.78 is 2.04. The zero-order valence-corrected chi connectivity index (χ0v) is 12.1. The maximum Gasteiger partial charge on any atom is 0.304 e. The van der Waals surface area contributed by atoms with E-state index in [0.717, 1.165) is 16.9 Å². The lowest BCUT2D eigenvalue weighted by atomic mass is 10.0. The van der Waals surface area contributed by atoms with Gasteiger partial charge in [0.1, 0.15) is 5.82 Å². The minimum Gasteiger partial charge on any atom is -0.481 e. The maximum absolute atomic E-state index is 10.9. The fraction of sp³-hybridized carbons (Fsp3) is 0.467. The summed E-state index contributed by atoms with van der Waals surface area (Å²) in [6, 6.07) is 7.92. The number of hydrogen-bond acceptors (Lipinski definition) is 3. The van der Waals surface area contributed by atoms with Crippen molar-refractivity contribution in [1.29, 1.82) is 0 Å². The Hall–Kier alpha value is -1.88. The van der Waals surface area contributed by atoms with E-state index in [0.29, 0.717) is 6.54 Å². The molecule has 1 atom stereocenters. The van der Waals surface area contributed by atoms with Crippen molar-refractivity contribution in [3.63, 3.8) is 0 Å². The normalized spacial score (nSPS) is 13.0. The fourth-order valence-electron chi connectivity index (χ4n) is 2.31. The van der Waals surface area contributed by atoms with Crippen molar-refractivity contribution in [2.45, 2.75) is 32.9 Å². The van der Waals surface area contributed by atoms with Gasteiger partial charge in [-0.2, -0.15) is 0 Å². The molecule has 0 saturated heterocycles. The molecule has 2 N–H and O–H groups in total. The van der Waals surface area contributed by atoms with E-state index in [1.807, 2.05) is 49.7 Å². The highest BCUT2D eigenvalue weighted by Crippen LogP contribution is 2.15. The molecule has 2 aromatic rings. The van der Waals surface area contributed by atoms with E-state index < -0.39 is 5.97 Å². The smallest absolute Gasteiger partial charge is 0.304 e. The number of hydrogen-bond donors (Lipinski definition) is 2. The van der Waals surface area contributed by atoms with E-state index in [-0.39, 0.29) is 18.4 Å². The molecule has 5 nitrogen and oxygen atoms in total. The first-order chi connectivity index (χ1) is 9.49. The predicted octanol–water partition coefficient (Wildman–Crippen LogP) is 2.16. The van der Waals surface area contributed by atoms with Crippen LogP contribution in [-0.2, 0) is 18.4 Å². The van der Waals surface area contributed by atoms with E-state index in [2.05, 4.69) is 10.3 Å². The minimum absolute atomic E-state index is 0.0488. The number of carboxylic acid groups (broad SMARTS) is 1. The summed E-state index contributed by atoms with van der Waals surface area (Å²) in [6.45, 7) is 4.62. The standard InChI is InChI=1S/C15H21N3O2/c1-10(2)12(8-15(19)20)16-9-14-17-11-6-4-5-7-13(11)18(14)3/h4-7,10,12,16H,8-9H2,1-3H3,(H,19,20)/t12-/m1/s1. The Labute approximate surface area is 118 Å². The van der Waals surface area contributed by atoms with Gasteiger partial charge in [-0.05, 0) is 18.1 Å². The Bertz CT molecular complexity index is 604. The van der Waals surface area contributed by atoms with Crippen LogP contribution in [0.25, 0.3) is 11.0 Å². The molecule has 2 rings (SSSR count). The number of imidazole rings is 1. The van der Waals surface area contributed by atoms with Crippen molar-refractivity contribution >= 4 is 17.0 Å². The molecule has 0 radical (unpaired) electrons. The van der Waals surface area contributed by atoms with Crippen molar-refractivity contribution in [3.8, 4) is 0 Å². The number of rotatable bonds is 6. The van der Waals surface area contributed by atoms with Crippen LogP contribution < -0.4 is 5.32 Å². The molecule has 1 aromatic heterocycles. The van der Waals surface area contributed by atoms with E-state index >= 15 is 0 Å². The van der Waals surface area contributed by atoms with Gasteiger partial charge in [-0.25, -0.2) is 4.98 Å². The van der Waals surface area contributed by atoms with Gasteiger partial charge >= 0.3 is 5.97 Å². The second-order valence-electron chi connectivity index (χ2n) is 5.41. The molecule has 1 aromatic carbocycles. The second kappa shape index (κ2) is 6.05. The van der Waals surface area contributed by atoms with Crippen molar-refractivity contribution in [2.75, 3.05) is 0 Å². The van der Waals surface area contributed by atoms with Crippen LogP contribution in [0.3, 0.4) is 0 Å². The first-order valence-electron chi connectivity index (χ1n) is 6.84. The molecular formula is C15H21N3O2. The summed E-state index contributed by atoms with van der Waals surface area (Å²) in [7, 11) is 1.98. The largest absolute Gasteiger partial charge is 0.481 e. The highest BCUT2D eigenvalue weighted by Gasteiger charge is 2.17. The van der Waals surface area contributed by atoms with E-state index in [1.165, 1.54) is 0 Å². The maximum atomic E-state index is 10.9. The molecule has 1 heterocycles. The molecule has 0 saturated carbocycles. The van der Waals surface area contributed by atoms with Crippen molar-refractivity contribution in [2.24, 2.45) is 13.0 Å². The first-order valence-corrected chi connectivity index (χ1v) is 6.84. The summed E-state index contributed by atoms with van der Waals surface area (Å²) in [5.74, 6) is 0.407. The molecule has 0 fully saturated rings. The molecular weight excluding hydrogens is 254 g/mol. The molecule has 0 spiro atoms. The molecule has 108 valence electrons. The zero-order valence-electron chi connectivity index (χ0n) is 12.1. The van der Waals surface area contributed by atoms with Gasteiger partial charge in [0.2, 0.25) is 0 Å². The summed E-state index contributed by atoms with van der Waals surface area (Å²) in [6.07, 6.45) is 0.127. The van der Waals surface area contributed by atoms with Crippen molar-refractivity contribution < 1.29 is 9.90 Å². The number of nitrogens with one attached hydrogen (secondary N) is 1. The van der Waals surface area contributed by atoms with Gasteiger partial charge in [-0.3, -0.25) is 4.79 Å². The van der Waals surface area contributed by atoms with Crippen LogP contribution in [0.5, 0.6) is 0 Å². The average molecular weight is 275 g/mol. The Morgan fingerprint density at radius 2 is 2.10 bits per heavy atom. The number of aliphatic carboxylic acids is 1. The molecule has 0 unspecified atom stereocenters. The lowest BCUT2D eigenvalue weighted by molar-refractivity contribution is -0.137. The molecule has 5 heteroatoms. The highest BCUT2D eigenvalue weighted by molar-refractivity contribution is 5.75. The van der Waals surface area contributed by atoms with Crippen LogP contribution in [0.1, 0.15) is 26.1 Å². The Morgan fingerprint density at radius 3 is 2.70 bits per heavy atom. The monoisotopic (exact) mass is 275 g/mol. The number of carbonyl (C=O) groups is 1. The third-order valence-corrected chi connectivity index (χ3v) is 3.60. The average Bonchev–Trinajstić information content (AvgIpc) is 2.71. The van der Waals surface area contributed by atoms with E-state index in [4.69, 9.17) is 5.11 Å². The fourth-order valence-corrected chi connectivity index (χ4v) is 2.31. The zero-order chi connectivity index (χ0) is 14.7. The van der Waals surface area contributed by atoms with Gasteiger partial charge in [-0.15, -0.1) is 0 Å². The summed E-state index contributed by atoms with van der Waals surface area (Å²) >= 11 is 0. The number of aromatic nitrogens is 2. The number of carboxylic acids is 1. The quantitative estimate of drug-likeness (QED) is 0.848. The summed E-state index contributed by atoms with van der Waals surface area (Å²) in [4.78, 5) is 15.4. The molecule has 0 aliphatic rings. The Morgan fingerprint density at radius 1 is 1.40 bits per heavy atom. The topological polar surface area (TPSA) is 67.2 Å². The van der Waals surface area contributed by atoms with Gasteiger partial charge in [0.25, 0.3) is 0 Å². The number of nitrogens with zero attached hydrogens (tertiary/aromatic N) is 2. The highest BCUT2D eigenvalue weighted by atomic mass is 16.4. The van der Waals surface area contributed by atoms with Gasteiger partial charge < -0.3 is 15.0 Å². The SMILES string of the molecule is CC(C)[C@@H](CC(=O)O)NCc1nc2ccccc2n1C. The lowest BCUT2D eigenvalue weighted by Crippen LogP contribution is -2.36. The van der Waals surface area contributed by atoms with Crippen LogP contribution in [-0.4, -0.2) is 26.7 Å². The molecule has 0 amide bonds. The van der Waals surface area contributed by atoms with Crippen LogP contribution in [0, 0.1) is 5.92 Å². The molecule has 20 heavy (non-hydrogen) atoms. The summed E-state index contributed by atoms with van der Waals surface area (Å²) in [5, 5.41) is 12.2. The molecule has 0 bridgehead atoms. The minimum atomic E-state index is -0.777. The summed E-state index contributed by atoms with van der Waals surface area (Å²) in [5.41, 5.74) is 2.05. The van der Waals surface area contributed by atoms with Crippen LogP contribution >= 0.6 is 0 Å². The molecule has 0 aliphatic heterocycles. The number of aryl methyl sites for hydroxylation is 1. The predicted molar refractivity (Wildman–Crippen MR) is 78.4 cm³/mol. The third kappa shape index (κ3) is 3.17. The first kappa shape index (κ1) is 14.5. The number of para-hydroxylation sites is 2. The van der Waals surface area contributed by atoms with Crippen LogP contribution in [0.2, 0.25) is 0 Å². The number of fused-ring (bicyclic) bond motifs is 1. The van der Waals surface area contributed by atoms with E-state index in [1.54, 1.807) is 0 Å². The van der Waals surface area contributed by atoms with Crippen LogP contribution in [0.4, 0.5) is 0 Å². The van der Waals surface area contributed by atoms with Crippen molar-refractivity contribution in [1.82, 2.24) is 14.9 Å². The molecule has 0 aliphatic carbocycles. The van der Waals surface area contributed by atoms with Crippen molar-refractivity contribution in [3.05, 3.63) is 30.1 Å². The van der Waals surface area contributed by atoms with Crippen LogP contribution in [0.15, 0.2) is 24.3 Å². The van der Waals surface area contributed by atoms with E-state index in [9.17, 15) is 4.79 Å². The van der Waals surface area contributed by atoms with Gasteiger partial charge in [0.05, 0.1) is 24.0 Å². The third-order valence-electron chi connectivity index (χ3n) is 3.60. The Kier molecular flexibility index (Phi) is 4.39. The van der Waals surface area contributed by atoms with Gasteiger partial charge in [0, 0.05) is 13.1 Å².